The van der Waals surface area contributed by atoms with Gasteiger partial charge in [0.2, 0.25) is 0 Å². The van der Waals surface area contributed by atoms with Crippen LogP contribution in [0.3, 0.4) is 0 Å². The molecule has 3 N–H and O–H groups in total. The van der Waals surface area contributed by atoms with Gasteiger partial charge in [-0.15, -0.1) is 0 Å². The summed E-state index contributed by atoms with van der Waals surface area (Å²) in [5, 5.41) is 21.8. The maximum absolute atomic E-state index is 13.4. The number of hydrogen-bond acceptors (Lipinski definition) is 3. The van der Waals surface area contributed by atoms with E-state index in [2.05, 4.69) is 5.32 Å². The molecule has 1 rings (SSSR count). The second-order valence-electron chi connectivity index (χ2n) is 4.67. The van der Waals surface area contributed by atoms with E-state index in [9.17, 15) is 9.50 Å². The minimum Gasteiger partial charge on any atom is -0.396 e. The van der Waals surface area contributed by atoms with Crippen LogP contribution in [0.5, 0.6) is 0 Å². The van der Waals surface area contributed by atoms with Gasteiger partial charge in [-0.25, -0.2) is 4.39 Å². The van der Waals surface area contributed by atoms with E-state index >= 15 is 0 Å². The second kappa shape index (κ2) is 8.19. The first kappa shape index (κ1) is 15.1. The van der Waals surface area contributed by atoms with Crippen LogP contribution in [0, 0.1) is 11.7 Å². The quantitative estimate of drug-likeness (QED) is 0.621. The minimum atomic E-state index is -0.818. The molecule has 0 amide bonds. The van der Waals surface area contributed by atoms with Crippen LogP contribution in [0.25, 0.3) is 0 Å². The van der Waals surface area contributed by atoms with Crippen LogP contribution in [-0.2, 0) is 0 Å². The van der Waals surface area contributed by atoms with Crippen LogP contribution in [0.4, 0.5) is 4.39 Å². The lowest BCUT2D eigenvalue weighted by atomic mass is 10.1. The van der Waals surface area contributed by atoms with Gasteiger partial charge in [-0.1, -0.05) is 25.1 Å². The Morgan fingerprint density at radius 2 is 2.06 bits per heavy atom. The second-order valence-corrected chi connectivity index (χ2v) is 4.67. The molecule has 0 bridgehead atoms. The van der Waals surface area contributed by atoms with Crippen LogP contribution in [0.15, 0.2) is 24.3 Å². The molecule has 1 aromatic rings. The maximum Gasteiger partial charge on any atom is 0.129 e. The van der Waals surface area contributed by atoms with Gasteiger partial charge in [0.05, 0.1) is 6.10 Å². The number of benzene rings is 1. The number of aliphatic hydroxyl groups excluding tert-OH is 2. The van der Waals surface area contributed by atoms with Crippen molar-refractivity contribution >= 4 is 0 Å². The van der Waals surface area contributed by atoms with E-state index in [0.29, 0.717) is 18.0 Å². The van der Waals surface area contributed by atoms with Crippen LogP contribution in [0.1, 0.15) is 31.4 Å². The molecule has 0 aromatic heterocycles. The zero-order valence-electron chi connectivity index (χ0n) is 10.8. The SMILES string of the molecule is CC(CO)CCCNCC(O)c1ccccc1F. The van der Waals surface area contributed by atoms with Gasteiger partial charge >= 0.3 is 0 Å². The van der Waals surface area contributed by atoms with Gasteiger partial charge in [0.25, 0.3) is 0 Å². The molecule has 0 aliphatic rings. The van der Waals surface area contributed by atoms with E-state index < -0.39 is 6.10 Å². The summed E-state index contributed by atoms with van der Waals surface area (Å²) in [4.78, 5) is 0. The average Bonchev–Trinajstić information content (AvgIpc) is 2.38. The van der Waals surface area contributed by atoms with Crippen molar-refractivity contribution in [1.82, 2.24) is 5.32 Å². The maximum atomic E-state index is 13.4. The minimum absolute atomic E-state index is 0.206. The van der Waals surface area contributed by atoms with E-state index in [1.54, 1.807) is 18.2 Å². The molecule has 102 valence electrons. The van der Waals surface area contributed by atoms with Crippen molar-refractivity contribution in [3.05, 3.63) is 35.6 Å². The molecule has 0 heterocycles. The highest BCUT2D eigenvalue weighted by molar-refractivity contribution is 5.19. The summed E-state index contributed by atoms with van der Waals surface area (Å²) in [5.41, 5.74) is 0.328. The molecule has 1 aromatic carbocycles. The summed E-state index contributed by atoms with van der Waals surface area (Å²) in [6, 6.07) is 6.26. The molecule has 0 spiro atoms. The number of aliphatic hydroxyl groups is 2. The molecule has 3 nitrogen and oxygen atoms in total. The molecule has 2 atom stereocenters. The van der Waals surface area contributed by atoms with Crippen molar-refractivity contribution in [2.45, 2.75) is 25.9 Å². The average molecular weight is 255 g/mol. The van der Waals surface area contributed by atoms with E-state index in [1.807, 2.05) is 6.92 Å². The Kier molecular flexibility index (Phi) is 6.86. The monoisotopic (exact) mass is 255 g/mol. The number of nitrogens with one attached hydrogen (secondary N) is 1. The smallest absolute Gasteiger partial charge is 0.129 e. The fraction of sp³-hybridized carbons (Fsp3) is 0.571. The molecule has 0 radical (unpaired) electrons. The third-order valence-electron chi connectivity index (χ3n) is 2.96. The van der Waals surface area contributed by atoms with Gasteiger partial charge in [-0.2, -0.15) is 0 Å². The Labute approximate surface area is 108 Å². The van der Waals surface area contributed by atoms with E-state index in [0.717, 1.165) is 19.4 Å². The van der Waals surface area contributed by atoms with Crippen LogP contribution >= 0.6 is 0 Å². The standard InChI is InChI=1S/C14H22FNO2/c1-11(10-17)5-4-8-16-9-14(18)12-6-2-3-7-13(12)15/h2-3,6-7,11,14,16-18H,4-5,8-10H2,1H3. The first-order valence-corrected chi connectivity index (χ1v) is 6.39. The van der Waals surface area contributed by atoms with Crippen molar-refractivity contribution < 1.29 is 14.6 Å². The van der Waals surface area contributed by atoms with Gasteiger partial charge in [0.15, 0.2) is 0 Å². The zero-order valence-corrected chi connectivity index (χ0v) is 10.8. The Bertz CT molecular complexity index is 346. The molecular formula is C14H22FNO2. The molecule has 4 heteroatoms. The molecule has 18 heavy (non-hydrogen) atoms. The molecule has 2 unspecified atom stereocenters. The lowest BCUT2D eigenvalue weighted by Gasteiger charge is -2.13. The predicted octanol–water partition coefficient (Wildman–Crippen LogP) is 1.86. The molecule has 0 fully saturated rings. The van der Waals surface area contributed by atoms with Crippen molar-refractivity contribution in [1.29, 1.82) is 0 Å². The Hall–Kier alpha value is -0.970. The summed E-state index contributed by atoms with van der Waals surface area (Å²) in [7, 11) is 0. The van der Waals surface area contributed by atoms with Crippen LogP contribution in [-0.4, -0.2) is 29.9 Å². The number of halogens is 1. The summed E-state index contributed by atoms with van der Waals surface area (Å²) >= 11 is 0. The largest absolute Gasteiger partial charge is 0.396 e. The predicted molar refractivity (Wildman–Crippen MR) is 69.7 cm³/mol. The Morgan fingerprint density at radius 1 is 1.33 bits per heavy atom. The molecule has 0 aliphatic carbocycles. The number of hydrogen-bond donors (Lipinski definition) is 3. The Balaban J connectivity index is 2.22. The first-order chi connectivity index (χ1) is 8.65. The van der Waals surface area contributed by atoms with Gasteiger partial charge < -0.3 is 15.5 Å². The highest BCUT2D eigenvalue weighted by atomic mass is 19.1. The highest BCUT2D eigenvalue weighted by Crippen LogP contribution is 2.15. The Morgan fingerprint density at radius 3 is 2.72 bits per heavy atom. The fourth-order valence-electron chi connectivity index (χ4n) is 1.76. The summed E-state index contributed by atoms with van der Waals surface area (Å²) in [6.45, 7) is 3.30. The lowest BCUT2D eigenvalue weighted by Crippen LogP contribution is -2.23. The van der Waals surface area contributed by atoms with Crippen molar-refractivity contribution in [3.63, 3.8) is 0 Å². The van der Waals surface area contributed by atoms with Gasteiger partial charge in [0, 0.05) is 18.7 Å². The third-order valence-corrected chi connectivity index (χ3v) is 2.96. The van der Waals surface area contributed by atoms with E-state index in [4.69, 9.17) is 5.11 Å². The number of rotatable bonds is 8. The molecule has 0 aliphatic heterocycles. The molecule has 0 saturated heterocycles. The normalized spacial score (nSPS) is 14.4. The van der Waals surface area contributed by atoms with Gasteiger partial charge in [-0.05, 0) is 31.4 Å². The van der Waals surface area contributed by atoms with E-state index in [1.165, 1.54) is 6.07 Å². The summed E-state index contributed by atoms with van der Waals surface area (Å²) < 4.78 is 13.4. The lowest BCUT2D eigenvalue weighted by molar-refractivity contribution is 0.169. The first-order valence-electron chi connectivity index (χ1n) is 6.39. The molecular weight excluding hydrogens is 233 g/mol. The van der Waals surface area contributed by atoms with Crippen molar-refractivity contribution in [2.24, 2.45) is 5.92 Å². The third kappa shape index (κ3) is 5.12. The van der Waals surface area contributed by atoms with Gasteiger partial charge in [-0.3, -0.25) is 0 Å². The van der Waals surface area contributed by atoms with Crippen LogP contribution < -0.4 is 5.32 Å². The summed E-state index contributed by atoms with van der Waals surface area (Å²) in [5.74, 6) is -0.0657. The van der Waals surface area contributed by atoms with E-state index in [-0.39, 0.29) is 12.4 Å². The van der Waals surface area contributed by atoms with Crippen molar-refractivity contribution in [2.75, 3.05) is 19.7 Å². The van der Waals surface area contributed by atoms with Gasteiger partial charge in [0.1, 0.15) is 5.82 Å². The summed E-state index contributed by atoms with van der Waals surface area (Å²) in [6.07, 6.45) is 1.06. The molecule has 0 saturated carbocycles. The van der Waals surface area contributed by atoms with Crippen molar-refractivity contribution in [3.8, 4) is 0 Å². The fourth-order valence-corrected chi connectivity index (χ4v) is 1.76. The topological polar surface area (TPSA) is 52.5 Å². The van der Waals surface area contributed by atoms with Crippen LogP contribution in [0.2, 0.25) is 0 Å². The zero-order chi connectivity index (χ0) is 13.4. The highest BCUT2D eigenvalue weighted by Gasteiger charge is 2.11.